The average Bonchev–Trinajstić information content (AvgIpc) is 2.62. The lowest BCUT2D eigenvalue weighted by Crippen LogP contribution is -2.35. The number of nitrogens with one attached hydrogen (secondary N) is 1. The molecule has 5 nitrogen and oxygen atoms in total. The van der Waals surface area contributed by atoms with E-state index in [2.05, 4.69) is 21.2 Å². The number of carbonyl (C=O) groups is 2. The topological polar surface area (TPSA) is 58.6 Å². The maximum absolute atomic E-state index is 12.6. The van der Waals surface area contributed by atoms with Gasteiger partial charge in [0.25, 0.3) is 5.91 Å². The molecule has 0 aliphatic rings. The van der Waals surface area contributed by atoms with Gasteiger partial charge < -0.3 is 15.0 Å². The Labute approximate surface area is 162 Å². The van der Waals surface area contributed by atoms with Crippen LogP contribution in [0, 0.1) is 6.92 Å². The fraction of sp³-hybridized carbons (Fsp3) is 0.300. The normalized spacial score (nSPS) is 10.3. The molecule has 1 N–H and O–H groups in total. The summed E-state index contributed by atoms with van der Waals surface area (Å²) >= 11 is 3.39. The van der Waals surface area contributed by atoms with Crippen LogP contribution in [0.5, 0.6) is 5.75 Å². The van der Waals surface area contributed by atoms with Crippen molar-refractivity contribution in [2.24, 2.45) is 0 Å². The number of hydrogen-bond donors (Lipinski definition) is 1. The van der Waals surface area contributed by atoms with E-state index in [9.17, 15) is 9.59 Å². The molecule has 0 aromatic heterocycles. The summed E-state index contributed by atoms with van der Waals surface area (Å²) in [6.45, 7) is 4.50. The van der Waals surface area contributed by atoms with Crippen LogP contribution in [-0.2, 0) is 4.79 Å². The van der Waals surface area contributed by atoms with Gasteiger partial charge in [0.1, 0.15) is 5.75 Å². The van der Waals surface area contributed by atoms with Crippen LogP contribution in [0.4, 0.5) is 5.69 Å². The molecule has 2 amide bonds. The first kappa shape index (κ1) is 20.0. The van der Waals surface area contributed by atoms with Gasteiger partial charge >= 0.3 is 0 Å². The zero-order valence-corrected chi connectivity index (χ0v) is 16.8. The number of aryl methyl sites for hydroxylation is 1. The minimum atomic E-state index is -0.246. The van der Waals surface area contributed by atoms with E-state index in [0.29, 0.717) is 17.9 Å². The lowest BCUT2D eigenvalue weighted by Gasteiger charge is -2.18. The first-order chi connectivity index (χ1) is 12.4. The molecular weight excluding hydrogens is 396 g/mol. The third-order valence-corrected chi connectivity index (χ3v) is 4.24. The van der Waals surface area contributed by atoms with Crippen LogP contribution >= 0.6 is 15.9 Å². The maximum atomic E-state index is 12.6. The molecular formula is C20H23BrN2O3. The molecule has 0 heterocycles. The Morgan fingerprint density at radius 2 is 1.96 bits per heavy atom. The Morgan fingerprint density at radius 1 is 1.19 bits per heavy atom. The number of rotatable bonds is 7. The van der Waals surface area contributed by atoms with Crippen molar-refractivity contribution in [3.05, 3.63) is 58.1 Å². The number of nitrogens with zero attached hydrogens (tertiary/aromatic N) is 1. The Morgan fingerprint density at radius 3 is 2.65 bits per heavy atom. The molecule has 0 fully saturated rings. The largest absolute Gasteiger partial charge is 0.494 e. The standard InChI is InChI=1S/C20H23BrN2O3/c1-4-10-26-17-7-5-6-15(12-17)20(25)23(3)13-19(24)22-18-9-8-16(21)11-14(18)2/h5-9,11-12H,4,10,13H2,1-3H3,(H,22,24). The fourth-order valence-corrected chi connectivity index (χ4v) is 2.88. The second-order valence-electron chi connectivity index (χ2n) is 6.04. The summed E-state index contributed by atoms with van der Waals surface area (Å²) in [6, 6.07) is 12.6. The zero-order valence-electron chi connectivity index (χ0n) is 15.2. The highest BCUT2D eigenvalue weighted by Crippen LogP contribution is 2.20. The van der Waals surface area contributed by atoms with Crippen molar-refractivity contribution in [2.75, 3.05) is 25.5 Å². The molecule has 0 atom stereocenters. The quantitative estimate of drug-likeness (QED) is 0.730. The fourth-order valence-electron chi connectivity index (χ4n) is 2.40. The molecule has 0 spiro atoms. The van der Waals surface area contributed by atoms with Crippen molar-refractivity contribution in [1.82, 2.24) is 4.90 Å². The summed E-state index contributed by atoms with van der Waals surface area (Å²) in [5.74, 6) is 0.181. The first-order valence-electron chi connectivity index (χ1n) is 8.45. The number of anilines is 1. The molecule has 6 heteroatoms. The highest BCUT2D eigenvalue weighted by molar-refractivity contribution is 9.10. The van der Waals surface area contributed by atoms with Gasteiger partial charge in [0, 0.05) is 22.8 Å². The van der Waals surface area contributed by atoms with Crippen LogP contribution < -0.4 is 10.1 Å². The van der Waals surface area contributed by atoms with Crippen molar-refractivity contribution >= 4 is 33.4 Å². The van der Waals surface area contributed by atoms with Gasteiger partial charge in [-0.3, -0.25) is 9.59 Å². The molecule has 0 aliphatic heterocycles. The van der Waals surface area contributed by atoms with Crippen LogP contribution in [0.15, 0.2) is 46.9 Å². The summed E-state index contributed by atoms with van der Waals surface area (Å²) in [5.41, 5.74) is 2.17. The summed E-state index contributed by atoms with van der Waals surface area (Å²) in [5, 5.41) is 2.84. The number of amides is 2. The predicted molar refractivity (Wildman–Crippen MR) is 107 cm³/mol. The number of halogens is 1. The van der Waals surface area contributed by atoms with E-state index in [0.717, 1.165) is 22.1 Å². The Bertz CT molecular complexity index is 792. The van der Waals surface area contributed by atoms with Crippen LogP contribution in [0.3, 0.4) is 0 Å². The van der Waals surface area contributed by atoms with Crippen LogP contribution in [0.25, 0.3) is 0 Å². The van der Waals surface area contributed by atoms with Gasteiger partial charge in [-0.25, -0.2) is 0 Å². The van der Waals surface area contributed by atoms with E-state index in [1.165, 1.54) is 4.90 Å². The SMILES string of the molecule is CCCOc1cccc(C(=O)N(C)CC(=O)Nc2ccc(Br)cc2C)c1. The first-order valence-corrected chi connectivity index (χ1v) is 9.24. The minimum Gasteiger partial charge on any atom is -0.494 e. The van der Waals surface area contributed by atoms with Gasteiger partial charge in [0.2, 0.25) is 5.91 Å². The van der Waals surface area contributed by atoms with Crippen LogP contribution in [0.2, 0.25) is 0 Å². The third kappa shape index (κ3) is 5.59. The molecule has 0 saturated heterocycles. The molecule has 26 heavy (non-hydrogen) atoms. The molecule has 0 bridgehead atoms. The Balaban J connectivity index is 1.98. The van der Waals surface area contributed by atoms with Gasteiger partial charge in [-0.15, -0.1) is 0 Å². The number of carbonyl (C=O) groups excluding carboxylic acids is 2. The van der Waals surface area contributed by atoms with E-state index in [4.69, 9.17) is 4.74 Å². The lowest BCUT2D eigenvalue weighted by molar-refractivity contribution is -0.116. The van der Waals surface area contributed by atoms with Crippen LogP contribution in [-0.4, -0.2) is 36.9 Å². The molecule has 0 unspecified atom stereocenters. The van der Waals surface area contributed by atoms with Crippen molar-refractivity contribution in [2.45, 2.75) is 20.3 Å². The second-order valence-corrected chi connectivity index (χ2v) is 6.96. The van der Waals surface area contributed by atoms with Gasteiger partial charge in [-0.05, 0) is 55.3 Å². The molecule has 0 saturated carbocycles. The average molecular weight is 419 g/mol. The minimum absolute atomic E-state index is 0.0334. The van der Waals surface area contributed by atoms with Gasteiger partial charge in [0.15, 0.2) is 0 Å². The summed E-state index contributed by atoms with van der Waals surface area (Å²) in [7, 11) is 1.61. The molecule has 2 aromatic rings. The van der Waals surface area contributed by atoms with Crippen LogP contribution in [0.1, 0.15) is 29.3 Å². The van der Waals surface area contributed by atoms with Crippen molar-refractivity contribution in [1.29, 1.82) is 0 Å². The Kier molecular flexibility index (Phi) is 7.21. The number of ether oxygens (including phenoxy) is 1. The van der Waals surface area contributed by atoms with E-state index in [1.54, 1.807) is 25.2 Å². The summed E-state index contributed by atoms with van der Waals surface area (Å²) in [4.78, 5) is 26.2. The molecule has 138 valence electrons. The number of likely N-dealkylation sites (N-methyl/N-ethyl adjacent to an activating group) is 1. The van der Waals surface area contributed by atoms with Gasteiger partial charge in [0.05, 0.1) is 13.2 Å². The zero-order chi connectivity index (χ0) is 19.1. The van der Waals surface area contributed by atoms with E-state index in [-0.39, 0.29) is 18.4 Å². The number of benzene rings is 2. The molecule has 0 radical (unpaired) electrons. The van der Waals surface area contributed by atoms with Crippen molar-refractivity contribution in [3.8, 4) is 5.75 Å². The summed E-state index contributed by atoms with van der Waals surface area (Å²) < 4.78 is 6.50. The van der Waals surface area contributed by atoms with E-state index < -0.39 is 0 Å². The third-order valence-electron chi connectivity index (χ3n) is 3.74. The second kappa shape index (κ2) is 9.38. The predicted octanol–water partition coefficient (Wildman–Crippen LogP) is 4.26. The lowest BCUT2D eigenvalue weighted by atomic mass is 10.2. The maximum Gasteiger partial charge on any atom is 0.254 e. The van der Waals surface area contributed by atoms with Crippen molar-refractivity contribution < 1.29 is 14.3 Å². The smallest absolute Gasteiger partial charge is 0.254 e. The molecule has 0 aliphatic carbocycles. The highest BCUT2D eigenvalue weighted by atomic mass is 79.9. The van der Waals surface area contributed by atoms with E-state index in [1.807, 2.05) is 38.1 Å². The molecule has 2 rings (SSSR count). The highest BCUT2D eigenvalue weighted by Gasteiger charge is 2.16. The number of hydrogen-bond acceptors (Lipinski definition) is 3. The van der Waals surface area contributed by atoms with Gasteiger partial charge in [-0.2, -0.15) is 0 Å². The monoisotopic (exact) mass is 418 g/mol. The Hall–Kier alpha value is -2.34. The summed E-state index contributed by atoms with van der Waals surface area (Å²) in [6.07, 6.45) is 0.897. The van der Waals surface area contributed by atoms with Gasteiger partial charge in [-0.1, -0.05) is 28.9 Å². The molecule has 2 aromatic carbocycles. The van der Waals surface area contributed by atoms with E-state index >= 15 is 0 Å². The van der Waals surface area contributed by atoms with Crippen molar-refractivity contribution in [3.63, 3.8) is 0 Å².